The molecule has 0 saturated heterocycles. The summed E-state index contributed by atoms with van der Waals surface area (Å²) in [6.45, 7) is -0.290. The van der Waals surface area contributed by atoms with E-state index in [0.717, 1.165) is 17.7 Å². The molecule has 1 aromatic heterocycles. The minimum absolute atomic E-state index is 0.0368. The standard InChI is InChI=1S/C14H14F3N3O/c15-14(16,17)10-6-12(18)20-13(7-10)19-11(8-21)9-4-2-1-3-5-9/h1-7,11,21H,8H2,(H3,18,19,20). The summed E-state index contributed by atoms with van der Waals surface area (Å²) in [5.41, 5.74) is 5.25. The lowest BCUT2D eigenvalue weighted by molar-refractivity contribution is -0.137. The van der Waals surface area contributed by atoms with Gasteiger partial charge < -0.3 is 16.2 Å². The lowest BCUT2D eigenvalue weighted by atomic mass is 10.1. The number of nitrogens with two attached hydrogens (primary N) is 1. The number of nitrogen functional groups attached to an aromatic ring is 1. The first-order valence-electron chi connectivity index (χ1n) is 6.17. The van der Waals surface area contributed by atoms with Crippen LogP contribution in [-0.2, 0) is 6.18 Å². The number of hydrogen-bond donors (Lipinski definition) is 3. The van der Waals surface area contributed by atoms with Crippen LogP contribution >= 0.6 is 0 Å². The van der Waals surface area contributed by atoms with Crippen molar-refractivity contribution in [1.29, 1.82) is 0 Å². The van der Waals surface area contributed by atoms with E-state index in [1.54, 1.807) is 30.3 Å². The lowest BCUT2D eigenvalue weighted by Crippen LogP contribution is -2.17. The van der Waals surface area contributed by atoms with Gasteiger partial charge in [0.1, 0.15) is 11.6 Å². The Bertz CT molecular complexity index is 602. The van der Waals surface area contributed by atoms with Crippen LogP contribution in [0.5, 0.6) is 0 Å². The zero-order chi connectivity index (χ0) is 15.5. The molecular weight excluding hydrogens is 283 g/mol. The molecule has 21 heavy (non-hydrogen) atoms. The van der Waals surface area contributed by atoms with Crippen LogP contribution < -0.4 is 11.1 Å². The molecule has 4 nitrogen and oxygen atoms in total. The third-order valence-electron chi connectivity index (χ3n) is 2.88. The van der Waals surface area contributed by atoms with Crippen molar-refractivity contribution in [2.24, 2.45) is 0 Å². The van der Waals surface area contributed by atoms with Gasteiger partial charge in [-0.05, 0) is 17.7 Å². The number of halogens is 3. The summed E-state index contributed by atoms with van der Waals surface area (Å²) in [6.07, 6.45) is -4.51. The predicted molar refractivity (Wildman–Crippen MR) is 73.5 cm³/mol. The minimum Gasteiger partial charge on any atom is -0.394 e. The van der Waals surface area contributed by atoms with Crippen molar-refractivity contribution in [1.82, 2.24) is 4.98 Å². The maximum atomic E-state index is 12.7. The van der Waals surface area contributed by atoms with Crippen molar-refractivity contribution in [3.05, 3.63) is 53.6 Å². The van der Waals surface area contributed by atoms with Gasteiger partial charge in [-0.15, -0.1) is 0 Å². The number of nitrogens with one attached hydrogen (secondary N) is 1. The molecule has 0 radical (unpaired) electrons. The Balaban J connectivity index is 2.28. The molecule has 0 bridgehead atoms. The summed E-state index contributed by atoms with van der Waals surface area (Å²) in [6, 6.07) is 9.92. The molecule has 112 valence electrons. The summed E-state index contributed by atoms with van der Waals surface area (Å²) < 4.78 is 38.2. The van der Waals surface area contributed by atoms with Gasteiger partial charge in [0.15, 0.2) is 0 Å². The van der Waals surface area contributed by atoms with Crippen molar-refractivity contribution in [2.45, 2.75) is 12.2 Å². The molecule has 0 spiro atoms. The summed E-state index contributed by atoms with van der Waals surface area (Å²) in [7, 11) is 0. The average molecular weight is 297 g/mol. The van der Waals surface area contributed by atoms with Gasteiger partial charge in [0.25, 0.3) is 0 Å². The topological polar surface area (TPSA) is 71.2 Å². The molecule has 4 N–H and O–H groups in total. The fourth-order valence-corrected chi connectivity index (χ4v) is 1.89. The van der Waals surface area contributed by atoms with Gasteiger partial charge in [-0.3, -0.25) is 0 Å². The van der Waals surface area contributed by atoms with Gasteiger partial charge in [-0.25, -0.2) is 4.98 Å². The molecule has 0 fully saturated rings. The van der Waals surface area contributed by atoms with Gasteiger partial charge >= 0.3 is 6.18 Å². The summed E-state index contributed by atoms with van der Waals surface area (Å²) in [5, 5.41) is 12.2. The highest BCUT2D eigenvalue weighted by Gasteiger charge is 2.31. The molecule has 1 heterocycles. The number of hydrogen-bond acceptors (Lipinski definition) is 4. The smallest absolute Gasteiger partial charge is 0.394 e. The molecule has 1 atom stereocenters. The van der Waals surface area contributed by atoms with Crippen LogP contribution in [0.1, 0.15) is 17.2 Å². The first-order valence-corrected chi connectivity index (χ1v) is 6.17. The van der Waals surface area contributed by atoms with E-state index in [1.807, 2.05) is 0 Å². The third kappa shape index (κ3) is 3.85. The second-order valence-corrected chi connectivity index (χ2v) is 4.45. The van der Waals surface area contributed by atoms with E-state index < -0.39 is 17.8 Å². The summed E-state index contributed by atoms with van der Waals surface area (Å²) in [4.78, 5) is 3.82. The SMILES string of the molecule is Nc1cc(C(F)(F)F)cc(NC(CO)c2ccccc2)n1. The Labute approximate surface area is 119 Å². The zero-order valence-corrected chi connectivity index (χ0v) is 10.9. The normalized spacial score (nSPS) is 13.0. The summed E-state index contributed by atoms with van der Waals surface area (Å²) in [5.74, 6) is -0.276. The molecule has 2 aromatic rings. The molecule has 0 aliphatic rings. The average Bonchev–Trinajstić information content (AvgIpc) is 2.44. The largest absolute Gasteiger partial charge is 0.416 e. The number of anilines is 2. The number of rotatable bonds is 4. The van der Waals surface area contributed by atoms with Crippen LogP contribution in [-0.4, -0.2) is 16.7 Å². The van der Waals surface area contributed by atoms with E-state index in [0.29, 0.717) is 0 Å². The second-order valence-electron chi connectivity index (χ2n) is 4.45. The van der Waals surface area contributed by atoms with E-state index >= 15 is 0 Å². The van der Waals surface area contributed by atoms with Crippen LogP contribution in [0.3, 0.4) is 0 Å². The molecule has 0 aliphatic heterocycles. The van der Waals surface area contributed by atoms with Crippen LogP contribution in [0.2, 0.25) is 0 Å². The van der Waals surface area contributed by atoms with Crippen LogP contribution in [0.25, 0.3) is 0 Å². The Morgan fingerprint density at radius 3 is 2.43 bits per heavy atom. The van der Waals surface area contributed by atoms with Gasteiger partial charge in [0.2, 0.25) is 0 Å². The number of nitrogens with zero attached hydrogens (tertiary/aromatic N) is 1. The fourth-order valence-electron chi connectivity index (χ4n) is 1.89. The van der Waals surface area contributed by atoms with Crippen molar-refractivity contribution in [3.63, 3.8) is 0 Å². The van der Waals surface area contributed by atoms with Crippen LogP contribution in [0.15, 0.2) is 42.5 Å². The fraction of sp³-hybridized carbons (Fsp3) is 0.214. The van der Waals surface area contributed by atoms with E-state index in [4.69, 9.17) is 5.73 Å². The van der Waals surface area contributed by atoms with Crippen LogP contribution in [0.4, 0.5) is 24.8 Å². The van der Waals surface area contributed by atoms with Gasteiger partial charge in [0.05, 0.1) is 18.2 Å². The monoisotopic (exact) mass is 297 g/mol. The van der Waals surface area contributed by atoms with Crippen LogP contribution in [0, 0.1) is 0 Å². The molecule has 0 aliphatic carbocycles. The number of alkyl halides is 3. The van der Waals surface area contributed by atoms with E-state index in [-0.39, 0.29) is 18.2 Å². The van der Waals surface area contributed by atoms with Crippen molar-refractivity contribution >= 4 is 11.6 Å². The predicted octanol–water partition coefficient (Wildman–Crippen LogP) is 2.83. The summed E-state index contributed by atoms with van der Waals surface area (Å²) >= 11 is 0. The molecule has 1 aromatic carbocycles. The maximum absolute atomic E-state index is 12.7. The van der Waals surface area contributed by atoms with Gasteiger partial charge in [0, 0.05) is 0 Å². The molecule has 7 heteroatoms. The van der Waals surface area contributed by atoms with E-state index in [1.165, 1.54) is 0 Å². The minimum atomic E-state index is -4.51. The molecule has 1 unspecified atom stereocenters. The first-order chi connectivity index (χ1) is 9.90. The van der Waals surface area contributed by atoms with Gasteiger partial charge in [-0.2, -0.15) is 13.2 Å². The Morgan fingerprint density at radius 1 is 1.19 bits per heavy atom. The maximum Gasteiger partial charge on any atom is 0.416 e. The Kier molecular flexibility index (Phi) is 4.32. The third-order valence-corrected chi connectivity index (χ3v) is 2.88. The quantitative estimate of drug-likeness (QED) is 0.811. The highest BCUT2D eigenvalue weighted by molar-refractivity contribution is 5.48. The molecule has 2 rings (SSSR count). The number of aliphatic hydroxyl groups is 1. The van der Waals surface area contributed by atoms with Crippen molar-refractivity contribution in [2.75, 3.05) is 17.7 Å². The van der Waals surface area contributed by atoms with Crippen molar-refractivity contribution < 1.29 is 18.3 Å². The van der Waals surface area contributed by atoms with E-state index in [2.05, 4.69) is 10.3 Å². The van der Waals surface area contributed by atoms with Gasteiger partial charge in [-0.1, -0.05) is 30.3 Å². The second kappa shape index (κ2) is 6.01. The molecule has 0 amide bonds. The van der Waals surface area contributed by atoms with Crippen molar-refractivity contribution in [3.8, 4) is 0 Å². The number of benzene rings is 1. The molecular formula is C14H14F3N3O. The number of aliphatic hydroxyl groups excluding tert-OH is 1. The Morgan fingerprint density at radius 2 is 1.86 bits per heavy atom. The highest BCUT2D eigenvalue weighted by atomic mass is 19.4. The first kappa shape index (κ1) is 15.1. The molecule has 0 saturated carbocycles. The zero-order valence-electron chi connectivity index (χ0n) is 10.9. The lowest BCUT2D eigenvalue weighted by Gasteiger charge is -2.18. The number of aromatic nitrogens is 1. The van der Waals surface area contributed by atoms with E-state index in [9.17, 15) is 18.3 Å². The highest BCUT2D eigenvalue weighted by Crippen LogP contribution is 2.32. The Hall–Kier alpha value is -2.28. The number of pyridine rings is 1.